The molecule has 5 aromatic carbocycles. The molecule has 43 heavy (non-hydrogen) atoms. The summed E-state index contributed by atoms with van der Waals surface area (Å²) in [5.41, 5.74) is 9.03. The third kappa shape index (κ3) is 3.14. The normalized spacial score (nSPS) is 12.2. The van der Waals surface area contributed by atoms with Gasteiger partial charge in [0.1, 0.15) is 11.1 Å². The van der Waals surface area contributed by atoms with Gasteiger partial charge in [0.2, 0.25) is 0 Å². The van der Waals surface area contributed by atoms with Crippen LogP contribution in [0, 0.1) is 0 Å². The van der Waals surface area contributed by atoms with Crippen LogP contribution in [-0.4, -0.2) is 14.5 Å². The zero-order valence-corrected chi connectivity index (χ0v) is 23.6. The van der Waals surface area contributed by atoms with Crippen LogP contribution in [0.15, 0.2) is 132 Å². The maximum atomic E-state index is 6.44. The van der Waals surface area contributed by atoms with Crippen molar-refractivity contribution in [1.82, 2.24) is 14.5 Å². The summed E-state index contributed by atoms with van der Waals surface area (Å²) in [6.07, 6.45) is 2.02. The maximum absolute atomic E-state index is 6.44. The lowest BCUT2D eigenvalue weighted by Gasteiger charge is -2.13. The van der Waals surface area contributed by atoms with Gasteiger partial charge in [0.15, 0.2) is 5.58 Å². The fourth-order valence-electron chi connectivity index (χ4n) is 6.72. The number of nitrogens with zero attached hydrogens (tertiary/aromatic N) is 3. The van der Waals surface area contributed by atoms with Gasteiger partial charge < -0.3 is 8.98 Å². The number of thiophene rings is 1. The van der Waals surface area contributed by atoms with Crippen LogP contribution in [0.3, 0.4) is 0 Å². The summed E-state index contributed by atoms with van der Waals surface area (Å²) >= 11 is 1.80. The molecule has 10 rings (SSSR count). The SMILES string of the molecule is c1ccc(-c2cc(-n3c4ccccc4c4cnc5c(ccc6c7ccccc7oc65)c43)c3sc4ccccc4c3n2)cc1. The minimum atomic E-state index is 0.823. The van der Waals surface area contributed by atoms with Gasteiger partial charge >= 0.3 is 0 Å². The average molecular weight is 568 g/mol. The van der Waals surface area contributed by atoms with Crippen molar-refractivity contribution in [2.24, 2.45) is 0 Å². The summed E-state index contributed by atoms with van der Waals surface area (Å²) in [6.45, 7) is 0. The Morgan fingerprint density at radius 2 is 1.35 bits per heavy atom. The Morgan fingerprint density at radius 1 is 0.605 bits per heavy atom. The first-order valence-corrected chi connectivity index (χ1v) is 15.2. The first-order valence-electron chi connectivity index (χ1n) is 14.3. The molecular formula is C38H21N3OS. The van der Waals surface area contributed by atoms with Crippen LogP contribution in [0.5, 0.6) is 0 Å². The van der Waals surface area contributed by atoms with E-state index in [0.29, 0.717) is 0 Å². The zero-order chi connectivity index (χ0) is 28.1. The van der Waals surface area contributed by atoms with Crippen molar-refractivity contribution >= 4 is 86.3 Å². The lowest BCUT2D eigenvalue weighted by molar-refractivity contribution is 0.671. The van der Waals surface area contributed by atoms with E-state index in [0.717, 1.165) is 71.7 Å². The predicted molar refractivity (Wildman–Crippen MR) is 179 cm³/mol. The number of rotatable bonds is 2. The van der Waals surface area contributed by atoms with Gasteiger partial charge in [0.25, 0.3) is 0 Å². The van der Waals surface area contributed by atoms with Crippen LogP contribution in [0.2, 0.25) is 0 Å². The van der Waals surface area contributed by atoms with Crippen LogP contribution in [-0.2, 0) is 0 Å². The van der Waals surface area contributed by atoms with E-state index in [1.165, 1.54) is 20.2 Å². The van der Waals surface area contributed by atoms with Gasteiger partial charge in [-0.25, -0.2) is 4.98 Å². The molecule has 0 aliphatic carbocycles. The molecule has 0 fully saturated rings. The first kappa shape index (κ1) is 23.1. The number of pyridine rings is 2. The molecule has 0 amide bonds. The Balaban J connectivity index is 1.41. The molecule has 0 radical (unpaired) electrons. The fraction of sp³-hybridized carbons (Fsp3) is 0. The summed E-state index contributed by atoms with van der Waals surface area (Å²) < 4.78 is 11.3. The molecule has 0 saturated heterocycles. The molecule has 0 unspecified atom stereocenters. The van der Waals surface area contributed by atoms with E-state index in [4.69, 9.17) is 14.4 Å². The standard InChI is InChI=1S/C38H21N3OS/c1-2-10-22(11-3-1)29-20-31(38-35(40-29)26-14-6-9-17-33(26)43-38)41-30-15-7-4-12-23(30)28-21-39-34-27(36(28)41)19-18-25-24-13-5-8-16-32(24)42-37(25)34/h1-21H. The average Bonchev–Trinajstić information content (AvgIpc) is 3.74. The van der Waals surface area contributed by atoms with Crippen LogP contribution < -0.4 is 0 Å². The molecule has 10 aromatic rings. The van der Waals surface area contributed by atoms with Gasteiger partial charge in [-0.2, -0.15) is 0 Å². The number of benzene rings is 5. The summed E-state index contributed by atoms with van der Waals surface area (Å²) in [5.74, 6) is 0. The predicted octanol–water partition coefficient (Wildman–Crippen LogP) is 10.7. The van der Waals surface area contributed by atoms with Gasteiger partial charge in [-0.3, -0.25) is 4.98 Å². The number of hydrogen-bond donors (Lipinski definition) is 0. The Bertz CT molecular complexity index is 2730. The van der Waals surface area contributed by atoms with Gasteiger partial charge in [-0.1, -0.05) is 84.9 Å². The topological polar surface area (TPSA) is 43.9 Å². The Kier molecular flexibility index (Phi) is 4.57. The molecule has 200 valence electrons. The fourth-order valence-corrected chi connectivity index (χ4v) is 7.87. The molecule has 0 saturated carbocycles. The highest BCUT2D eigenvalue weighted by Crippen LogP contribution is 2.44. The highest BCUT2D eigenvalue weighted by Gasteiger charge is 2.22. The second kappa shape index (κ2) is 8.51. The third-order valence-electron chi connectivity index (χ3n) is 8.63. The Hall–Kier alpha value is -5.52. The Morgan fingerprint density at radius 3 is 2.26 bits per heavy atom. The number of fused-ring (bicyclic) bond motifs is 12. The summed E-state index contributed by atoms with van der Waals surface area (Å²) in [6, 6.07) is 42.5. The van der Waals surface area contributed by atoms with Crippen molar-refractivity contribution in [3.05, 3.63) is 128 Å². The molecule has 4 nitrogen and oxygen atoms in total. The number of para-hydroxylation sites is 2. The molecule has 5 heteroatoms. The van der Waals surface area contributed by atoms with E-state index in [1.807, 2.05) is 24.4 Å². The second-order valence-corrected chi connectivity index (χ2v) is 12.0. The Labute approximate surface area is 249 Å². The molecule has 0 aliphatic rings. The van der Waals surface area contributed by atoms with E-state index < -0.39 is 0 Å². The van der Waals surface area contributed by atoms with Crippen molar-refractivity contribution in [1.29, 1.82) is 0 Å². The van der Waals surface area contributed by atoms with Gasteiger partial charge in [0.05, 0.1) is 32.6 Å². The molecule has 0 aliphatic heterocycles. The van der Waals surface area contributed by atoms with E-state index in [9.17, 15) is 0 Å². The number of aromatic nitrogens is 3. The molecule has 5 heterocycles. The van der Waals surface area contributed by atoms with Crippen LogP contribution in [0.25, 0.3) is 91.9 Å². The molecule has 0 spiro atoms. The highest BCUT2D eigenvalue weighted by molar-refractivity contribution is 7.26. The van der Waals surface area contributed by atoms with Crippen molar-refractivity contribution in [2.75, 3.05) is 0 Å². The first-order chi connectivity index (χ1) is 21.3. The van der Waals surface area contributed by atoms with Crippen molar-refractivity contribution in [2.45, 2.75) is 0 Å². The smallest absolute Gasteiger partial charge is 0.161 e. The summed E-state index contributed by atoms with van der Waals surface area (Å²) in [4.78, 5) is 10.3. The quantitative estimate of drug-likeness (QED) is 0.209. The lowest BCUT2D eigenvalue weighted by Crippen LogP contribution is -1.98. The van der Waals surface area contributed by atoms with E-state index in [-0.39, 0.29) is 0 Å². The minimum absolute atomic E-state index is 0.823. The van der Waals surface area contributed by atoms with Crippen molar-refractivity contribution in [3.63, 3.8) is 0 Å². The van der Waals surface area contributed by atoms with E-state index in [2.05, 4.69) is 108 Å². The summed E-state index contributed by atoms with van der Waals surface area (Å²) in [7, 11) is 0. The molecule has 5 aromatic heterocycles. The third-order valence-corrected chi connectivity index (χ3v) is 9.81. The largest absolute Gasteiger partial charge is 0.454 e. The van der Waals surface area contributed by atoms with Gasteiger partial charge in [-0.15, -0.1) is 11.3 Å². The molecule has 0 bridgehead atoms. The minimum Gasteiger partial charge on any atom is -0.454 e. The maximum Gasteiger partial charge on any atom is 0.161 e. The van der Waals surface area contributed by atoms with Crippen molar-refractivity contribution in [3.8, 4) is 16.9 Å². The van der Waals surface area contributed by atoms with Gasteiger partial charge in [0, 0.05) is 48.8 Å². The van der Waals surface area contributed by atoms with Gasteiger partial charge in [-0.05, 0) is 36.4 Å². The second-order valence-electron chi connectivity index (χ2n) is 11.0. The number of hydrogen-bond acceptors (Lipinski definition) is 4. The molecular weight excluding hydrogens is 547 g/mol. The zero-order valence-electron chi connectivity index (χ0n) is 22.8. The monoisotopic (exact) mass is 567 g/mol. The summed E-state index contributed by atoms with van der Waals surface area (Å²) in [5, 5.41) is 6.72. The van der Waals surface area contributed by atoms with E-state index in [1.54, 1.807) is 11.3 Å². The number of furan rings is 1. The lowest BCUT2D eigenvalue weighted by atomic mass is 10.1. The van der Waals surface area contributed by atoms with E-state index >= 15 is 0 Å². The van der Waals surface area contributed by atoms with Crippen molar-refractivity contribution < 1.29 is 4.42 Å². The van der Waals surface area contributed by atoms with Crippen LogP contribution in [0.4, 0.5) is 0 Å². The van der Waals surface area contributed by atoms with Crippen LogP contribution >= 0.6 is 11.3 Å². The highest BCUT2D eigenvalue weighted by atomic mass is 32.1. The van der Waals surface area contributed by atoms with Crippen LogP contribution in [0.1, 0.15) is 0 Å². The molecule has 0 atom stereocenters. The molecule has 0 N–H and O–H groups in total.